The summed E-state index contributed by atoms with van der Waals surface area (Å²) in [7, 11) is 0. The van der Waals surface area contributed by atoms with Gasteiger partial charge < -0.3 is 10.6 Å². The first-order valence-corrected chi connectivity index (χ1v) is 6.77. The lowest BCUT2D eigenvalue weighted by atomic mass is 10.0. The standard InChI is InChI=1S/C16H14F2N2O/c17-12-4-1-5-13(18)15(12)16(21)20-11-7-6-10-3-2-8-19-14(10)9-11/h1,4-7,9,19H,2-3,8H2,(H,20,21). The van der Waals surface area contributed by atoms with Crippen LogP contribution < -0.4 is 10.6 Å². The Labute approximate surface area is 121 Å². The van der Waals surface area contributed by atoms with Gasteiger partial charge in [0.2, 0.25) is 0 Å². The Morgan fingerprint density at radius 1 is 1.14 bits per heavy atom. The van der Waals surface area contributed by atoms with Crippen LogP contribution in [0.2, 0.25) is 0 Å². The normalized spacial score (nSPS) is 13.2. The number of halogens is 2. The van der Waals surface area contributed by atoms with Crippen molar-refractivity contribution in [2.24, 2.45) is 0 Å². The lowest BCUT2D eigenvalue weighted by molar-refractivity contribution is 0.101. The van der Waals surface area contributed by atoms with Crippen LogP contribution in [0.5, 0.6) is 0 Å². The summed E-state index contributed by atoms with van der Waals surface area (Å²) in [4.78, 5) is 12.0. The van der Waals surface area contributed by atoms with Crippen LogP contribution in [0.15, 0.2) is 36.4 Å². The minimum Gasteiger partial charge on any atom is -0.385 e. The van der Waals surface area contributed by atoms with Crippen molar-refractivity contribution in [3.8, 4) is 0 Å². The highest BCUT2D eigenvalue weighted by Crippen LogP contribution is 2.26. The number of carbonyl (C=O) groups excluding carboxylic acids is 1. The van der Waals surface area contributed by atoms with Gasteiger partial charge in [0.05, 0.1) is 0 Å². The Bertz CT molecular complexity index is 680. The van der Waals surface area contributed by atoms with Crippen molar-refractivity contribution in [3.05, 3.63) is 59.2 Å². The quantitative estimate of drug-likeness (QED) is 0.887. The van der Waals surface area contributed by atoms with Crippen LogP contribution in [0, 0.1) is 11.6 Å². The van der Waals surface area contributed by atoms with Crippen molar-refractivity contribution in [3.63, 3.8) is 0 Å². The van der Waals surface area contributed by atoms with E-state index in [0.717, 1.165) is 37.2 Å². The van der Waals surface area contributed by atoms with Crippen molar-refractivity contribution >= 4 is 17.3 Å². The van der Waals surface area contributed by atoms with E-state index in [9.17, 15) is 13.6 Å². The molecule has 0 fully saturated rings. The van der Waals surface area contributed by atoms with E-state index in [2.05, 4.69) is 10.6 Å². The number of carbonyl (C=O) groups is 1. The zero-order chi connectivity index (χ0) is 14.8. The van der Waals surface area contributed by atoms with Gasteiger partial charge in [0.1, 0.15) is 17.2 Å². The van der Waals surface area contributed by atoms with Gasteiger partial charge in [-0.1, -0.05) is 12.1 Å². The van der Waals surface area contributed by atoms with E-state index >= 15 is 0 Å². The number of hydrogen-bond donors (Lipinski definition) is 2. The summed E-state index contributed by atoms with van der Waals surface area (Å²) in [5.74, 6) is -2.53. The number of rotatable bonds is 2. The monoisotopic (exact) mass is 288 g/mol. The summed E-state index contributed by atoms with van der Waals surface area (Å²) in [5, 5.41) is 5.77. The van der Waals surface area contributed by atoms with Crippen molar-refractivity contribution < 1.29 is 13.6 Å². The molecule has 0 radical (unpaired) electrons. The highest BCUT2D eigenvalue weighted by molar-refractivity contribution is 6.04. The lowest BCUT2D eigenvalue weighted by Crippen LogP contribution is -2.17. The van der Waals surface area contributed by atoms with Crippen molar-refractivity contribution in [2.75, 3.05) is 17.2 Å². The fourth-order valence-corrected chi connectivity index (χ4v) is 2.45. The molecule has 0 saturated heterocycles. The summed E-state index contributed by atoms with van der Waals surface area (Å²) in [6.07, 6.45) is 2.05. The van der Waals surface area contributed by atoms with Gasteiger partial charge in [-0.15, -0.1) is 0 Å². The Balaban J connectivity index is 1.85. The van der Waals surface area contributed by atoms with E-state index in [0.29, 0.717) is 5.69 Å². The predicted molar refractivity (Wildman–Crippen MR) is 77.6 cm³/mol. The van der Waals surface area contributed by atoms with Crippen molar-refractivity contribution in [1.29, 1.82) is 0 Å². The van der Waals surface area contributed by atoms with Crippen LogP contribution in [0.25, 0.3) is 0 Å². The summed E-state index contributed by atoms with van der Waals surface area (Å²) in [6, 6.07) is 8.78. The molecular formula is C16H14F2N2O. The molecule has 0 aromatic heterocycles. The summed E-state index contributed by atoms with van der Waals surface area (Å²) < 4.78 is 27.1. The second-order valence-electron chi connectivity index (χ2n) is 4.95. The molecule has 108 valence electrons. The molecular weight excluding hydrogens is 274 g/mol. The molecule has 5 heteroatoms. The van der Waals surface area contributed by atoms with Gasteiger partial charge in [0.15, 0.2) is 0 Å². The molecule has 0 aliphatic carbocycles. The van der Waals surface area contributed by atoms with E-state index in [4.69, 9.17) is 0 Å². The molecule has 0 spiro atoms. The largest absolute Gasteiger partial charge is 0.385 e. The number of hydrogen-bond acceptors (Lipinski definition) is 2. The third-order valence-corrected chi connectivity index (χ3v) is 3.50. The fourth-order valence-electron chi connectivity index (χ4n) is 2.45. The summed E-state index contributed by atoms with van der Waals surface area (Å²) in [6.45, 7) is 0.881. The molecule has 1 aliphatic rings. The third kappa shape index (κ3) is 2.72. The van der Waals surface area contributed by atoms with Crippen LogP contribution in [0.3, 0.4) is 0 Å². The number of amides is 1. The summed E-state index contributed by atoms with van der Waals surface area (Å²) >= 11 is 0. The maximum absolute atomic E-state index is 13.6. The smallest absolute Gasteiger partial charge is 0.261 e. The maximum Gasteiger partial charge on any atom is 0.261 e. The zero-order valence-corrected chi connectivity index (χ0v) is 11.2. The average molecular weight is 288 g/mol. The first kappa shape index (κ1) is 13.5. The van der Waals surface area contributed by atoms with Crippen LogP contribution in [0.4, 0.5) is 20.2 Å². The van der Waals surface area contributed by atoms with E-state index in [1.165, 1.54) is 11.6 Å². The summed E-state index contributed by atoms with van der Waals surface area (Å²) in [5.41, 5.74) is 2.07. The van der Waals surface area contributed by atoms with Crippen molar-refractivity contribution in [2.45, 2.75) is 12.8 Å². The van der Waals surface area contributed by atoms with Gasteiger partial charge in [-0.3, -0.25) is 4.79 Å². The van der Waals surface area contributed by atoms with Gasteiger partial charge in [0.25, 0.3) is 5.91 Å². The zero-order valence-electron chi connectivity index (χ0n) is 11.2. The molecule has 1 aliphatic heterocycles. The van der Waals surface area contributed by atoms with Gasteiger partial charge >= 0.3 is 0 Å². The van der Waals surface area contributed by atoms with Gasteiger partial charge in [-0.2, -0.15) is 0 Å². The molecule has 1 heterocycles. The highest BCUT2D eigenvalue weighted by atomic mass is 19.1. The number of anilines is 2. The second-order valence-corrected chi connectivity index (χ2v) is 4.95. The number of fused-ring (bicyclic) bond motifs is 1. The molecule has 0 saturated carbocycles. The minimum atomic E-state index is -0.872. The molecule has 0 unspecified atom stereocenters. The van der Waals surface area contributed by atoms with E-state index in [1.807, 2.05) is 6.07 Å². The van der Waals surface area contributed by atoms with Crippen LogP contribution in [0.1, 0.15) is 22.3 Å². The van der Waals surface area contributed by atoms with E-state index in [-0.39, 0.29) is 0 Å². The molecule has 0 atom stereocenters. The van der Waals surface area contributed by atoms with Crippen LogP contribution in [-0.2, 0) is 6.42 Å². The molecule has 21 heavy (non-hydrogen) atoms. The molecule has 2 N–H and O–H groups in total. The minimum absolute atomic E-state index is 0.510. The predicted octanol–water partition coefficient (Wildman–Crippen LogP) is 3.58. The molecule has 0 bridgehead atoms. The molecule has 1 amide bonds. The molecule has 2 aromatic carbocycles. The topological polar surface area (TPSA) is 41.1 Å². The number of nitrogens with one attached hydrogen (secondary N) is 2. The number of benzene rings is 2. The van der Waals surface area contributed by atoms with E-state index in [1.54, 1.807) is 12.1 Å². The Morgan fingerprint density at radius 2 is 1.90 bits per heavy atom. The molecule has 3 nitrogen and oxygen atoms in total. The number of aryl methyl sites for hydroxylation is 1. The lowest BCUT2D eigenvalue weighted by Gasteiger charge is -2.19. The van der Waals surface area contributed by atoms with Gasteiger partial charge in [-0.05, 0) is 42.7 Å². The Kier molecular flexibility index (Phi) is 3.56. The third-order valence-electron chi connectivity index (χ3n) is 3.50. The molecule has 3 rings (SSSR count). The Hall–Kier alpha value is -2.43. The SMILES string of the molecule is O=C(Nc1ccc2c(c1)NCCC2)c1c(F)cccc1F. The molecule has 2 aromatic rings. The Morgan fingerprint density at radius 3 is 2.67 bits per heavy atom. The van der Waals surface area contributed by atoms with Crippen LogP contribution >= 0.6 is 0 Å². The fraction of sp³-hybridized carbons (Fsp3) is 0.188. The maximum atomic E-state index is 13.6. The van der Waals surface area contributed by atoms with Gasteiger partial charge in [-0.25, -0.2) is 8.78 Å². The second kappa shape index (κ2) is 5.52. The first-order chi connectivity index (χ1) is 10.1. The van der Waals surface area contributed by atoms with Crippen molar-refractivity contribution in [1.82, 2.24) is 0 Å². The van der Waals surface area contributed by atoms with E-state index < -0.39 is 23.1 Å². The first-order valence-electron chi connectivity index (χ1n) is 6.77. The van der Waals surface area contributed by atoms with Gasteiger partial charge in [0, 0.05) is 17.9 Å². The van der Waals surface area contributed by atoms with Crippen LogP contribution in [-0.4, -0.2) is 12.5 Å². The highest BCUT2D eigenvalue weighted by Gasteiger charge is 2.17. The average Bonchev–Trinajstić information content (AvgIpc) is 2.47.